The number of nitrogens with zero attached hydrogens (tertiary/aromatic N) is 1. The van der Waals surface area contributed by atoms with Crippen molar-refractivity contribution in [2.45, 2.75) is 29.8 Å². The van der Waals surface area contributed by atoms with Crippen molar-refractivity contribution in [2.75, 3.05) is 31.9 Å². The Morgan fingerprint density at radius 3 is 2.95 bits per heavy atom. The second-order valence-electron chi connectivity index (χ2n) is 6.78. The highest BCUT2D eigenvalue weighted by atomic mass is 32.2. The van der Waals surface area contributed by atoms with Crippen LogP contribution in [-0.4, -0.2) is 47.8 Å². The zero-order chi connectivity index (χ0) is 15.3. The molecule has 1 aliphatic heterocycles. The number of likely N-dealkylation sites (tertiary alicyclic amines) is 1. The standard InChI is InChI=1S/C18H24N2S2/c1-20-9-11(10-21-2)7-13-12-5-4-6-15-17(12)14(8-16(13)20)18(19-15)22-3/h4-6,11,13,16,19H,7-10H2,1-3H3/t11-,13?,16-/m1/s1. The molecule has 1 saturated heterocycles. The first-order chi connectivity index (χ1) is 10.7. The van der Waals surface area contributed by atoms with E-state index < -0.39 is 0 Å². The Balaban J connectivity index is 1.82. The van der Waals surface area contributed by atoms with Crippen molar-refractivity contribution in [3.05, 3.63) is 29.3 Å². The number of aromatic nitrogens is 1. The molecule has 1 unspecified atom stereocenters. The van der Waals surface area contributed by atoms with Gasteiger partial charge in [-0.05, 0) is 61.3 Å². The third kappa shape index (κ3) is 2.22. The van der Waals surface area contributed by atoms with Gasteiger partial charge in [0.05, 0.1) is 5.03 Å². The summed E-state index contributed by atoms with van der Waals surface area (Å²) in [6.45, 7) is 1.26. The third-order valence-electron chi connectivity index (χ3n) is 5.50. The molecule has 4 heteroatoms. The summed E-state index contributed by atoms with van der Waals surface area (Å²) in [5.74, 6) is 2.83. The average Bonchev–Trinajstić information content (AvgIpc) is 2.88. The van der Waals surface area contributed by atoms with Gasteiger partial charge in [0.1, 0.15) is 0 Å². The zero-order valence-electron chi connectivity index (χ0n) is 13.6. The number of piperidine rings is 1. The van der Waals surface area contributed by atoms with E-state index in [4.69, 9.17) is 0 Å². The number of nitrogens with one attached hydrogen (secondary N) is 1. The van der Waals surface area contributed by atoms with E-state index in [1.54, 1.807) is 11.1 Å². The van der Waals surface area contributed by atoms with Gasteiger partial charge >= 0.3 is 0 Å². The summed E-state index contributed by atoms with van der Waals surface area (Å²) in [5.41, 5.74) is 4.50. The van der Waals surface area contributed by atoms with E-state index >= 15 is 0 Å². The summed E-state index contributed by atoms with van der Waals surface area (Å²) in [5, 5.41) is 2.91. The molecule has 0 amide bonds. The number of likely N-dealkylation sites (N-methyl/N-ethyl adjacent to an activating group) is 1. The monoisotopic (exact) mass is 332 g/mol. The molecule has 2 aliphatic rings. The lowest BCUT2D eigenvalue weighted by molar-refractivity contribution is 0.121. The molecule has 2 heterocycles. The van der Waals surface area contributed by atoms with E-state index in [0.717, 1.165) is 5.92 Å². The van der Waals surface area contributed by atoms with Gasteiger partial charge in [-0.3, -0.25) is 0 Å². The topological polar surface area (TPSA) is 19.0 Å². The molecular formula is C18H24N2S2. The molecule has 4 rings (SSSR count). The predicted octanol–water partition coefficient (Wildman–Crippen LogP) is 4.21. The van der Waals surface area contributed by atoms with Crippen LogP contribution in [0, 0.1) is 5.92 Å². The van der Waals surface area contributed by atoms with Crippen LogP contribution in [-0.2, 0) is 6.42 Å². The first-order valence-electron chi connectivity index (χ1n) is 8.09. The van der Waals surface area contributed by atoms with Crippen molar-refractivity contribution in [1.29, 1.82) is 0 Å². The molecule has 2 nitrogen and oxygen atoms in total. The fourth-order valence-corrected chi connectivity index (χ4v) is 6.00. The lowest BCUT2D eigenvalue weighted by Crippen LogP contribution is -2.48. The Morgan fingerprint density at radius 1 is 1.32 bits per heavy atom. The van der Waals surface area contributed by atoms with Gasteiger partial charge in [-0.15, -0.1) is 11.8 Å². The fourth-order valence-electron chi connectivity index (χ4n) is 4.64. The van der Waals surface area contributed by atoms with Crippen LogP contribution in [0.25, 0.3) is 10.9 Å². The number of hydrogen-bond donors (Lipinski definition) is 1. The highest BCUT2D eigenvalue weighted by Gasteiger charge is 2.39. The van der Waals surface area contributed by atoms with Crippen molar-refractivity contribution in [2.24, 2.45) is 5.92 Å². The minimum Gasteiger partial charge on any atom is -0.349 e. The van der Waals surface area contributed by atoms with E-state index in [1.165, 1.54) is 41.1 Å². The maximum atomic E-state index is 3.65. The molecule has 118 valence electrons. The third-order valence-corrected chi connectivity index (χ3v) is 7.07. The molecule has 1 N–H and O–H groups in total. The molecule has 1 fully saturated rings. The molecule has 2 aromatic rings. The molecule has 0 radical (unpaired) electrons. The minimum absolute atomic E-state index is 0.679. The molecule has 1 aromatic carbocycles. The number of rotatable bonds is 3. The smallest absolute Gasteiger partial charge is 0.0763 e. The Kier molecular flexibility index (Phi) is 3.95. The first kappa shape index (κ1) is 15.0. The number of hydrogen-bond acceptors (Lipinski definition) is 3. The van der Waals surface area contributed by atoms with Crippen LogP contribution in [0.3, 0.4) is 0 Å². The highest BCUT2D eigenvalue weighted by Crippen LogP contribution is 2.46. The highest BCUT2D eigenvalue weighted by molar-refractivity contribution is 7.98. The van der Waals surface area contributed by atoms with Crippen molar-refractivity contribution < 1.29 is 0 Å². The van der Waals surface area contributed by atoms with Gasteiger partial charge < -0.3 is 9.88 Å². The average molecular weight is 333 g/mol. The quantitative estimate of drug-likeness (QED) is 0.850. The van der Waals surface area contributed by atoms with Crippen LogP contribution in [0.1, 0.15) is 23.5 Å². The molecule has 0 bridgehead atoms. The second kappa shape index (κ2) is 5.81. The van der Waals surface area contributed by atoms with Gasteiger partial charge in [0.15, 0.2) is 0 Å². The van der Waals surface area contributed by atoms with Crippen LogP contribution in [0.4, 0.5) is 0 Å². The number of thioether (sulfide) groups is 2. The molecule has 1 aliphatic carbocycles. The summed E-state index contributed by atoms with van der Waals surface area (Å²) in [4.78, 5) is 6.28. The van der Waals surface area contributed by atoms with Crippen molar-refractivity contribution in [3.63, 3.8) is 0 Å². The lowest BCUT2D eigenvalue weighted by Gasteiger charge is -2.45. The van der Waals surface area contributed by atoms with Gasteiger partial charge in [0.2, 0.25) is 0 Å². The van der Waals surface area contributed by atoms with Gasteiger partial charge in [-0.1, -0.05) is 12.1 Å². The van der Waals surface area contributed by atoms with E-state index in [0.29, 0.717) is 12.0 Å². The summed E-state index contributed by atoms with van der Waals surface area (Å²) >= 11 is 3.86. The summed E-state index contributed by atoms with van der Waals surface area (Å²) < 4.78 is 0. The van der Waals surface area contributed by atoms with Gasteiger partial charge in [0.25, 0.3) is 0 Å². The van der Waals surface area contributed by atoms with E-state index in [-0.39, 0.29) is 0 Å². The van der Waals surface area contributed by atoms with Crippen LogP contribution < -0.4 is 0 Å². The molecule has 3 atom stereocenters. The van der Waals surface area contributed by atoms with Crippen LogP contribution in [0.15, 0.2) is 23.2 Å². The molecule has 22 heavy (non-hydrogen) atoms. The van der Waals surface area contributed by atoms with Gasteiger partial charge in [-0.2, -0.15) is 11.8 Å². The second-order valence-corrected chi connectivity index (χ2v) is 8.51. The number of fused-ring (bicyclic) bond motifs is 2. The Hall–Kier alpha value is -0.580. The number of H-pyrrole nitrogens is 1. The Morgan fingerprint density at radius 2 is 2.18 bits per heavy atom. The maximum Gasteiger partial charge on any atom is 0.0763 e. The van der Waals surface area contributed by atoms with Crippen molar-refractivity contribution >= 4 is 34.4 Å². The van der Waals surface area contributed by atoms with Crippen molar-refractivity contribution in [3.8, 4) is 0 Å². The van der Waals surface area contributed by atoms with Crippen LogP contribution >= 0.6 is 23.5 Å². The molecule has 1 aromatic heterocycles. The van der Waals surface area contributed by atoms with Crippen molar-refractivity contribution in [1.82, 2.24) is 9.88 Å². The summed E-state index contributed by atoms with van der Waals surface area (Å²) in [7, 11) is 2.33. The largest absolute Gasteiger partial charge is 0.349 e. The molecular weight excluding hydrogens is 308 g/mol. The lowest BCUT2D eigenvalue weighted by atomic mass is 9.73. The van der Waals surface area contributed by atoms with E-state index in [2.05, 4.69) is 47.6 Å². The first-order valence-corrected chi connectivity index (χ1v) is 10.7. The Bertz CT molecular complexity index is 694. The van der Waals surface area contributed by atoms with Gasteiger partial charge in [-0.25, -0.2) is 0 Å². The fraction of sp³-hybridized carbons (Fsp3) is 0.556. The van der Waals surface area contributed by atoms with Crippen LogP contribution in [0.5, 0.6) is 0 Å². The normalized spacial score (nSPS) is 28.0. The van der Waals surface area contributed by atoms with Gasteiger partial charge in [0, 0.05) is 29.4 Å². The number of aromatic amines is 1. The Labute approximate surface area is 141 Å². The van der Waals surface area contributed by atoms with E-state index in [1.807, 2.05) is 23.5 Å². The zero-order valence-corrected chi connectivity index (χ0v) is 15.2. The molecule has 0 spiro atoms. The van der Waals surface area contributed by atoms with E-state index in [9.17, 15) is 0 Å². The maximum absolute atomic E-state index is 3.65. The molecule has 0 saturated carbocycles. The summed E-state index contributed by atoms with van der Waals surface area (Å²) in [6.07, 6.45) is 6.99. The SMILES string of the molecule is CSC[C@@H]1CC2c3cccc4[nH]c(SC)c(c34)C[C@H]2N(C)C1. The summed E-state index contributed by atoms with van der Waals surface area (Å²) in [6, 6.07) is 7.55. The minimum atomic E-state index is 0.679. The number of benzene rings is 1. The predicted molar refractivity (Wildman–Crippen MR) is 99.4 cm³/mol. The van der Waals surface area contributed by atoms with Crippen LogP contribution in [0.2, 0.25) is 0 Å².